The summed E-state index contributed by atoms with van der Waals surface area (Å²) in [6.45, 7) is 4.39. The first-order valence-electron chi connectivity index (χ1n) is 7.91. The predicted molar refractivity (Wildman–Crippen MR) is 97.9 cm³/mol. The zero-order valence-corrected chi connectivity index (χ0v) is 15.5. The maximum atomic E-state index is 13.6. The van der Waals surface area contributed by atoms with Crippen LogP contribution < -0.4 is 15.4 Å². The minimum Gasteiger partial charge on any atom is -0.492 e. The Morgan fingerprint density at radius 3 is 2.72 bits per heavy atom. The van der Waals surface area contributed by atoms with Crippen molar-refractivity contribution >= 4 is 34.8 Å². The molecule has 0 aliphatic rings. The van der Waals surface area contributed by atoms with Crippen LogP contribution in [-0.2, 0) is 4.79 Å². The average molecular weight is 386 g/mol. The lowest BCUT2D eigenvalue weighted by Crippen LogP contribution is -2.86. The molecule has 0 fully saturated rings. The van der Waals surface area contributed by atoms with E-state index in [2.05, 4.69) is 5.32 Å². The van der Waals surface area contributed by atoms with E-state index in [1.807, 2.05) is 26.0 Å². The Morgan fingerprint density at radius 1 is 1.28 bits per heavy atom. The van der Waals surface area contributed by atoms with Crippen molar-refractivity contribution in [2.75, 3.05) is 18.5 Å². The van der Waals surface area contributed by atoms with Gasteiger partial charge in [0.25, 0.3) is 5.91 Å². The summed E-state index contributed by atoms with van der Waals surface area (Å²) in [6, 6.07) is 9.70. The van der Waals surface area contributed by atoms with Crippen molar-refractivity contribution in [3.8, 4) is 5.75 Å². The summed E-state index contributed by atoms with van der Waals surface area (Å²) < 4.78 is 19.1. The maximum absolute atomic E-state index is 13.6. The normalized spacial score (nSPS) is 11.9. The van der Waals surface area contributed by atoms with Gasteiger partial charge in [-0.2, -0.15) is 0 Å². The number of benzene rings is 2. The monoisotopic (exact) mass is 385 g/mol. The zero-order valence-electron chi connectivity index (χ0n) is 14.0. The molecule has 4 nitrogen and oxygen atoms in total. The third-order valence-electron chi connectivity index (χ3n) is 3.65. The van der Waals surface area contributed by atoms with E-state index in [9.17, 15) is 9.18 Å². The van der Waals surface area contributed by atoms with E-state index in [0.29, 0.717) is 28.6 Å². The SMILES string of the molecule is CCOc1ccccc1NC(=O)C[NH2+][C@@H](C)c1cc(F)c(Cl)cc1Cl. The number of carbonyl (C=O) groups excluding carboxylic acids is 1. The molecule has 1 atom stereocenters. The highest BCUT2D eigenvalue weighted by Gasteiger charge is 2.17. The number of halogens is 3. The molecule has 134 valence electrons. The largest absolute Gasteiger partial charge is 0.492 e. The van der Waals surface area contributed by atoms with E-state index in [0.717, 1.165) is 0 Å². The number of para-hydroxylation sites is 2. The van der Waals surface area contributed by atoms with Crippen molar-refractivity contribution < 1.29 is 19.2 Å². The van der Waals surface area contributed by atoms with E-state index < -0.39 is 5.82 Å². The first-order chi connectivity index (χ1) is 11.9. The second-order valence-corrected chi connectivity index (χ2v) is 6.31. The Balaban J connectivity index is 1.97. The van der Waals surface area contributed by atoms with E-state index >= 15 is 0 Å². The molecule has 0 unspecified atom stereocenters. The average Bonchev–Trinajstić information content (AvgIpc) is 2.58. The smallest absolute Gasteiger partial charge is 0.279 e. The number of rotatable bonds is 7. The number of nitrogens with one attached hydrogen (secondary N) is 1. The lowest BCUT2D eigenvalue weighted by atomic mass is 10.1. The fourth-order valence-electron chi connectivity index (χ4n) is 2.35. The molecule has 0 saturated carbocycles. The lowest BCUT2D eigenvalue weighted by molar-refractivity contribution is -0.682. The third kappa shape index (κ3) is 5.33. The zero-order chi connectivity index (χ0) is 18.4. The molecule has 2 aromatic carbocycles. The molecule has 0 radical (unpaired) electrons. The predicted octanol–water partition coefficient (Wildman–Crippen LogP) is 3.79. The fraction of sp³-hybridized carbons (Fsp3) is 0.278. The molecule has 0 aliphatic carbocycles. The molecule has 1 amide bonds. The van der Waals surface area contributed by atoms with Crippen LogP contribution >= 0.6 is 23.2 Å². The Bertz CT molecular complexity index is 756. The molecular weight excluding hydrogens is 366 g/mol. The van der Waals surface area contributed by atoms with Crippen molar-refractivity contribution in [2.45, 2.75) is 19.9 Å². The first-order valence-corrected chi connectivity index (χ1v) is 8.67. The summed E-state index contributed by atoms with van der Waals surface area (Å²) in [5.41, 5.74) is 1.21. The van der Waals surface area contributed by atoms with Crippen LogP contribution in [-0.4, -0.2) is 19.1 Å². The minimum atomic E-state index is -0.531. The van der Waals surface area contributed by atoms with Gasteiger partial charge in [-0.05, 0) is 38.1 Å². The van der Waals surface area contributed by atoms with Gasteiger partial charge in [-0.3, -0.25) is 4.79 Å². The Hall–Kier alpha value is -1.82. The van der Waals surface area contributed by atoms with Crippen molar-refractivity contribution in [3.05, 3.63) is 57.8 Å². The van der Waals surface area contributed by atoms with Crippen LogP contribution in [0.25, 0.3) is 0 Å². The second kappa shape index (κ2) is 9.04. The molecule has 25 heavy (non-hydrogen) atoms. The first kappa shape index (κ1) is 19.5. The number of quaternary nitrogens is 1. The van der Waals surface area contributed by atoms with Crippen molar-refractivity contribution in [1.82, 2.24) is 0 Å². The van der Waals surface area contributed by atoms with Gasteiger partial charge in [-0.25, -0.2) is 4.39 Å². The number of hydrogen-bond donors (Lipinski definition) is 2. The van der Waals surface area contributed by atoms with E-state index in [1.54, 1.807) is 17.4 Å². The van der Waals surface area contributed by atoms with Crippen molar-refractivity contribution in [1.29, 1.82) is 0 Å². The van der Waals surface area contributed by atoms with Gasteiger partial charge in [-0.1, -0.05) is 35.3 Å². The molecule has 0 saturated heterocycles. The highest BCUT2D eigenvalue weighted by Crippen LogP contribution is 2.27. The second-order valence-electron chi connectivity index (χ2n) is 5.49. The summed E-state index contributed by atoms with van der Waals surface area (Å²) in [6.07, 6.45) is 0. The van der Waals surface area contributed by atoms with Gasteiger partial charge in [0, 0.05) is 5.56 Å². The summed E-state index contributed by atoms with van der Waals surface area (Å²) in [7, 11) is 0. The fourth-order valence-corrected chi connectivity index (χ4v) is 2.91. The van der Waals surface area contributed by atoms with Crippen molar-refractivity contribution in [2.24, 2.45) is 0 Å². The topological polar surface area (TPSA) is 54.9 Å². The van der Waals surface area contributed by atoms with Crippen LogP contribution in [0.3, 0.4) is 0 Å². The summed E-state index contributed by atoms with van der Waals surface area (Å²) >= 11 is 11.8. The third-order valence-corrected chi connectivity index (χ3v) is 4.26. The molecule has 7 heteroatoms. The van der Waals surface area contributed by atoms with Crippen LogP contribution in [0.1, 0.15) is 25.5 Å². The number of ether oxygens (including phenoxy) is 1. The number of nitrogens with two attached hydrogens (primary N) is 1. The Kier molecular flexibility index (Phi) is 7.05. The quantitative estimate of drug-likeness (QED) is 0.712. The van der Waals surface area contributed by atoms with Crippen LogP contribution in [0.4, 0.5) is 10.1 Å². The minimum absolute atomic E-state index is 0.0220. The van der Waals surface area contributed by atoms with Gasteiger partial charge in [-0.15, -0.1) is 0 Å². The number of hydrogen-bond acceptors (Lipinski definition) is 2. The molecule has 0 spiro atoms. The Morgan fingerprint density at radius 2 is 2.00 bits per heavy atom. The molecular formula is C18H20Cl2FN2O2+. The van der Waals surface area contributed by atoms with E-state index in [-0.39, 0.29) is 23.5 Å². The van der Waals surface area contributed by atoms with Crippen LogP contribution in [0.15, 0.2) is 36.4 Å². The van der Waals surface area contributed by atoms with Gasteiger partial charge < -0.3 is 15.4 Å². The number of amides is 1. The van der Waals surface area contributed by atoms with Gasteiger partial charge in [0.15, 0.2) is 6.54 Å². The summed E-state index contributed by atoms with van der Waals surface area (Å²) in [5, 5.41) is 4.94. The molecule has 0 aliphatic heterocycles. The van der Waals surface area contributed by atoms with Crippen LogP contribution in [0.5, 0.6) is 5.75 Å². The molecule has 2 rings (SSSR count). The number of carbonyl (C=O) groups is 1. The van der Waals surface area contributed by atoms with Gasteiger partial charge in [0.05, 0.1) is 22.3 Å². The molecule has 0 bridgehead atoms. The van der Waals surface area contributed by atoms with E-state index in [1.165, 1.54) is 12.1 Å². The number of anilines is 1. The van der Waals surface area contributed by atoms with E-state index in [4.69, 9.17) is 27.9 Å². The van der Waals surface area contributed by atoms with Crippen molar-refractivity contribution in [3.63, 3.8) is 0 Å². The maximum Gasteiger partial charge on any atom is 0.279 e. The lowest BCUT2D eigenvalue weighted by Gasteiger charge is -2.14. The highest BCUT2D eigenvalue weighted by molar-refractivity contribution is 6.35. The van der Waals surface area contributed by atoms with Gasteiger partial charge >= 0.3 is 0 Å². The van der Waals surface area contributed by atoms with Crippen LogP contribution in [0, 0.1) is 5.82 Å². The van der Waals surface area contributed by atoms with Gasteiger partial charge in [0.1, 0.15) is 17.6 Å². The molecule has 0 aromatic heterocycles. The van der Waals surface area contributed by atoms with Crippen LogP contribution in [0.2, 0.25) is 10.0 Å². The molecule has 2 aromatic rings. The molecule has 0 heterocycles. The molecule has 3 N–H and O–H groups in total. The van der Waals surface area contributed by atoms with Gasteiger partial charge in [0.2, 0.25) is 0 Å². The summed E-state index contributed by atoms with van der Waals surface area (Å²) in [5.74, 6) is -0.102. The Labute approximate surface area is 156 Å². The highest BCUT2D eigenvalue weighted by atomic mass is 35.5. The summed E-state index contributed by atoms with van der Waals surface area (Å²) in [4.78, 5) is 12.2. The standard InChI is InChI=1S/C18H19Cl2FN2O2/c1-3-25-17-7-5-4-6-16(17)23-18(24)10-22-11(2)12-8-15(21)14(20)9-13(12)19/h4-9,11,22H,3,10H2,1-2H3,(H,23,24)/p+1/t11-/m0/s1.